The van der Waals surface area contributed by atoms with Gasteiger partial charge in [0.2, 0.25) is 0 Å². The highest BCUT2D eigenvalue weighted by atomic mass is 16.5. The third-order valence-corrected chi connectivity index (χ3v) is 3.59. The number of rotatable bonds is 4. The quantitative estimate of drug-likeness (QED) is 0.800. The lowest BCUT2D eigenvalue weighted by Gasteiger charge is -2.06. The van der Waals surface area contributed by atoms with Crippen molar-refractivity contribution in [3.05, 3.63) is 53.9 Å². The van der Waals surface area contributed by atoms with Gasteiger partial charge in [-0.05, 0) is 37.2 Å². The van der Waals surface area contributed by atoms with E-state index < -0.39 is 0 Å². The first kappa shape index (κ1) is 13.6. The fourth-order valence-corrected chi connectivity index (χ4v) is 2.58. The Morgan fingerprint density at radius 3 is 2.86 bits per heavy atom. The molecular formula is C17H19N3O. The van der Waals surface area contributed by atoms with E-state index in [0.717, 1.165) is 34.8 Å². The number of hydrogen-bond acceptors (Lipinski definition) is 3. The molecule has 0 saturated heterocycles. The number of methoxy groups -OCH3 is 1. The Morgan fingerprint density at radius 2 is 2.10 bits per heavy atom. The van der Waals surface area contributed by atoms with Crippen molar-refractivity contribution in [2.45, 2.75) is 13.3 Å². The maximum atomic E-state index is 5.79. The first-order chi connectivity index (χ1) is 10.2. The Labute approximate surface area is 124 Å². The number of fused-ring (bicyclic) bond motifs is 1. The summed E-state index contributed by atoms with van der Waals surface area (Å²) in [6.45, 7) is 2.68. The zero-order valence-corrected chi connectivity index (χ0v) is 12.3. The van der Waals surface area contributed by atoms with Gasteiger partial charge in [-0.1, -0.05) is 18.2 Å². The molecule has 2 N–H and O–H groups in total. The van der Waals surface area contributed by atoms with Crippen molar-refractivity contribution >= 4 is 5.65 Å². The maximum Gasteiger partial charge on any atom is 0.137 e. The molecular weight excluding hydrogens is 262 g/mol. The molecule has 3 rings (SSSR count). The van der Waals surface area contributed by atoms with Gasteiger partial charge in [-0.25, -0.2) is 4.98 Å². The number of imidazole rings is 1. The maximum absolute atomic E-state index is 5.79. The Hall–Kier alpha value is -2.33. The summed E-state index contributed by atoms with van der Waals surface area (Å²) in [5.74, 6) is 0.833. The number of aryl methyl sites for hydroxylation is 1. The summed E-state index contributed by atoms with van der Waals surface area (Å²) in [6, 6.07) is 12.1. The van der Waals surface area contributed by atoms with Crippen LogP contribution in [0.4, 0.5) is 0 Å². The standard InChI is InChI=1S/C17H19N3O/c1-12-6-7-16-19-17(15(8-9-18)20(16)11-12)13-4-3-5-14(10-13)21-2/h3-7,10-11H,8-9,18H2,1-2H3. The predicted molar refractivity (Wildman–Crippen MR) is 84.7 cm³/mol. The van der Waals surface area contributed by atoms with Crippen molar-refractivity contribution < 1.29 is 4.74 Å². The van der Waals surface area contributed by atoms with E-state index in [9.17, 15) is 0 Å². The zero-order chi connectivity index (χ0) is 14.8. The van der Waals surface area contributed by atoms with Gasteiger partial charge in [0.25, 0.3) is 0 Å². The third-order valence-electron chi connectivity index (χ3n) is 3.59. The van der Waals surface area contributed by atoms with Gasteiger partial charge in [0.1, 0.15) is 11.4 Å². The molecule has 0 atom stereocenters. The lowest BCUT2D eigenvalue weighted by atomic mass is 10.1. The number of pyridine rings is 1. The molecule has 0 amide bonds. The van der Waals surface area contributed by atoms with Gasteiger partial charge in [0.15, 0.2) is 0 Å². The molecule has 2 aromatic heterocycles. The van der Waals surface area contributed by atoms with E-state index in [4.69, 9.17) is 15.5 Å². The summed E-state index contributed by atoms with van der Waals surface area (Å²) in [7, 11) is 1.67. The highest BCUT2D eigenvalue weighted by Crippen LogP contribution is 2.27. The molecule has 4 heteroatoms. The van der Waals surface area contributed by atoms with E-state index in [2.05, 4.69) is 29.7 Å². The van der Waals surface area contributed by atoms with E-state index in [1.54, 1.807) is 7.11 Å². The normalized spacial score (nSPS) is 11.0. The van der Waals surface area contributed by atoms with E-state index in [0.29, 0.717) is 6.54 Å². The highest BCUT2D eigenvalue weighted by molar-refractivity contribution is 5.68. The first-order valence-electron chi connectivity index (χ1n) is 7.05. The van der Waals surface area contributed by atoms with Crippen LogP contribution in [0.1, 0.15) is 11.3 Å². The SMILES string of the molecule is COc1cccc(-c2nc3ccc(C)cn3c2CCN)c1. The Balaban J connectivity index is 2.22. The third kappa shape index (κ3) is 2.50. The second-order valence-corrected chi connectivity index (χ2v) is 5.11. The molecule has 2 heterocycles. The van der Waals surface area contributed by atoms with Gasteiger partial charge in [0, 0.05) is 18.2 Å². The van der Waals surface area contributed by atoms with Gasteiger partial charge >= 0.3 is 0 Å². The smallest absolute Gasteiger partial charge is 0.137 e. The van der Waals surface area contributed by atoms with Gasteiger partial charge in [0.05, 0.1) is 18.5 Å². The minimum atomic E-state index is 0.596. The lowest BCUT2D eigenvalue weighted by molar-refractivity contribution is 0.415. The summed E-state index contributed by atoms with van der Waals surface area (Å²) < 4.78 is 7.45. The molecule has 21 heavy (non-hydrogen) atoms. The second-order valence-electron chi connectivity index (χ2n) is 5.11. The van der Waals surface area contributed by atoms with Gasteiger partial charge in [-0.15, -0.1) is 0 Å². The minimum Gasteiger partial charge on any atom is -0.497 e. The molecule has 108 valence electrons. The highest BCUT2D eigenvalue weighted by Gasteiger charge is 2.14. The molecule has 0 aliphatic carbocycles. The molecule has 0 unspecified atom stereocenters. The first-order valence-corrected chi connectivity index (χ1v) is 7.05. The number of benzene rings is 1. The van der Waals surface area contributed by atoms with Gasteiger partial charge in [-0.2, -0.15) is 0 Å². The molecule has 0 aliphatic rings. The molecule has 0 fully saturated rings. The van der Waals surface area contributed by atoms with E-state index in [-0.39, 0.29) is 0 Å². The number of ether oxygens (including phenoxy) is 1. The van der Waals surface area contributed by atoms with Crippen LogP contribution in [0.2, 0.25) is 0 Å². The van der Waals surface area contributed by atoms with Crippen molar-refractivity contribution in [2.24, 2.45) is 5.73 Å². The topological polar surface area (TPSA) is 52.5 Å². The molecule has 0 saturated carbocycles. The van der Waals surface area contributed by atoms with E-state index in [1.165, 1.54) is 5.56 Å². The molecule has 0 radical (unpaired) electrons. The Bertz CT molecular complexity index is 777. The van der Waals surface area contributed by atoms with Crippen molar-refractivity contribution in [1.82, 2.24) is 9.38 Å². The van der Waals surface area contributed by atoms with Crippen molar-refractivity contribution in [2.75, 3.05) is 13.7 Å². The molecule has 1 aromatic carbocycles. The fourth-order valence-electron chi connectivity index (χ4n) is 2.58. The fraction of sp³-hybridized carbons (Fsp3) is 0.235. The van der Waals surface area contributed by atoms with Crippen LogP contribution < -0.4 is 10.5 Å². The summed E-state index contributed by atoms with van der Waals surface area (Å²) >= 11 is 0. The second kappa shape index (κ2) is 5.58. The van der Waals surface area contributed by atoms with Crippen molar-refractivity contribution in [1.29, 1.82) is 0 Å². The van der Waals surface area contributed by atoms with E-state index >= 15 is 0 Å². The molecule has 4 nitrogen and oxygen atoms in total. The van der Waals surface area contributed by atoms with Crippen LogP contribution >= 0.6 is 0 Å². The van der Waals surface area contributed by atoms with E-state index in [1.807, 2.05) is 24.3 Å². The van der Waals surface area contributed by atoms with Crippen LogP contribution in [0.15, 0.2) is 42.6 Å². The number of nitrogens with zero attached hydrogens (tertiary/aromatic N) is 2. The molecule has 3 aromatic rings. The minimum absolute atomic E-state index is 0.596. The Morgan fingerprint density at radius 1 is 1.24 bits per heavy atom. The van der Waals surface area contributed by atoms with Crippen molar-refractivity contribution in [3.8, 4) is 17.0 Å². The number of hydrogen-bond donors (Lipinski definition) is 1. The average Bonchev–Trinajstić information content (AvgIpc) is 2.86. The van der Waals surface area contributed by atoms with Crippen LogP contribution in [0, 0.1) is 6.92 Å². The zero-order valence-electron chi connectivity index (χ0n) is 12.3. The lowest BCUT2D eigenvalue weighted by Crippen LogP contribution is -2.06. The van der Waals surface area contributed by atoms with Gasteiger partial charge < -0.3 is 14.9 Å². The summed E-state index contributed by atoms with van der Waals surface area (Å²) in [5.41, 5.74) is 11.1. The summed E-state index contributed by atoms with van der Waals surface area (Å²) in [6.07, 6.45) is 2.90. The van der Waals surface area contributed by atoms with Crippen LogP contribution in [0.3, 0.4) is 0 Å². The predicted octanol–water partition coefficient (Wildman–Crippen LogP) is 2.82. The van der Waals surface area contributed by atoms with Crippen LogP contribution in [0.25, 0.3) is 16.9 Å². The van der Waals surface area contributed by atoms with Gasteiger partial charge in [-0.3, -0.25) is 0 Å². The largest absolute Gasteiger partial charge is 0.497 e. The molecule has 0 aliphatic heterocycles. The monoisotopic (exact) mass is 281 g/mol. The number of nitrogens with two attached hydrogens (primary N) is 1. The van der Waals surface area contributed by atoms with Crippen LogP contribution in [-0.2, 0) is 6.42 Å². The average molecular weight is 281 g/mol. The van der Waals surface area contributed by atoms with Crippen molar-refractivity contribution in [3.63, 3.8) is 0 Å². The summed E-state index contributed by atoms with van der Waals surface area (Å²) in [5, 5.41) is 0. The molecule has 0 bridgehead atoms. The Kier molecular flexibility index (Phi) is 3.62. The number of aromatic nitrogens is 2. The van der Waals surface area contributed by atoms with Crippen LogP contribution in [0.5, 0.6) is 5.75 Å². The molecule has 0 spiro atoms. The summed E-state index contributed by atoms with van der Waals surface area (Å²) in [4.78, 5) is 4.77. The van der Waals surface area contributed by atoms with Crippen LogP contribution in [-0.4, -0.2) is 23.0 Å².